The Labute approximate surface area is 151 Å². The van der Waals surface area contributed by atoms with Gasteiger partial charge in [0.2, 0.25) is 5.91 Å². The van der Waals surface area contributed by atoms with E-state index >= 15 is 0 Å². The third kappa shape index (κ3) is 4.42. The molecule has 0 aromatic heterocycles. The average molecular weight is 353 g/mol. The largest absolute Gasteiger partial charge is 0.494 e. The van der Waals surface area contributed by atoms with Crippen LogP contribution in [0.5, 0.6) is 5.75 Å². The van der Waals surface area contributed by atoms with Crippen LogP contribution in [0.15, 0.2) is 24.3 Å². The van der Waals surface area contributed by atoms with E-state index in [0.717, 1.165) is 56.8 Å². The fraction of sp³-hybridized carbons (Fsp3) is 0.632. The predicted molar refractivity (Wildman–Crippen MR) is 98.9 cm³/mol. The summed E-state index contributed by atoms with van der Waals surface area (Å²) in [7, 11) is 0. The van der Waals surface area contributed by atoms with E-state index in [9.17, 15) is 4.79 Å². The SMILES string of the molecule is CCOc1ccccc1CCC(=O)N1CCC2(CCNC2)CC1.Cl. The molecule has 2 aliphatic rings. The van der Waals surface area contributed by atoms with Gasteiger partial charge in [0.25, 0.3) is 0 Å². The van der Waals surface area contributed by atoms with Crippen LogP contribution < -0.4 is 10.1 Å². The van der Waals surface area contributed by atoms with Gasteiger partial charge < -0.3 is 15.0 Å². The average Bonchev–Trinajstić information content (AvgIpc) is 3.03. The molecule has 4 nitrogen and oxygen atoms in total. The van der Waals surface area contributed by atoms with Gasteiger partial charge in [0.15, 0.2) is 0 Å². The zero-order valence-corrected chi connectivity index (χ0v) is 15.4. The molecule has 1 aromatic rings. The number of ether oxygens (including phenoxy) is 1. The maximum absolute atomic E-state index is 12.5. The van der Waals surface area contributed by atoms with E-state index in [1.54, 1.807) is 0 Å². The van der Waals surface area contributed by atoms with Crippen LogP contribution in [0.25, 0.3) is 0 Å². The van der Waals surface area contributed by atoms with E-state index in [-0.39, 0.29) is 18.3 Å². The van der Waals surface area contributed by atoms with Gasteiger partial charge in [-0.25, -0.2) is 0 Å². The molecule has 1 spiro atoms. The number of hydrogen-bond donors (Lipinski definition) is 1. The standard InChI is InChI=1S/C19H28N2O2.ClH/c1-2-23-17-6-4-3-5-16(17)7-8-18(22)21-13-10-19(11-14-21)9-12-20-15-19;/h3-6,20H,2,7-15H2,1H3;1H. The predicted octanol–water partition coefficient (Wildman–Crippen LogP) is 3.04. The summed E-state index contributed by atoms with van der Waals surface area (Å²) < 4.78 is 5.65. The van der Waals surface area contributed by atoms with E-state index in [1.807, 2.05) is 25.1 Å². The van der Waals surface area contributed by atoms with Crippen molar-refractivity contribution >= 4 is 18.3 Å². The van der Waals surface area contributed by atoms with E-state index in [0.29, 0.717) is 18.4 Å². The number of para-hydroxylation sites is 1. The second-order valence-corrected chi connectivity index (χ2v) is 6.85. The molecule has 0 atom stereocenters. The molecule has 0 radical (unpaired) electrons. The van der Waals surface area contributed by atoms with Crippen molar-refractivity contribution in [1.29, 1.82) is 0 Å². The quantitative estimate of drug-likeness (QED) is 0.885. The summed E-state index contributed by atoms with van der Waals surface area (Å²) in [6.07, 6.45) is 4.92. The highest BCUT2D eigenvalue weighted by Gasteiger charge is 2.37. The Morgan fingerprint density at radius 1 is 1.25 bits per heavy atom. The molecule has 24 heavy (non-hydrogen) atoms. The van der Waals surface area contributed by atoms with Gasteiger partial charge in [-0.05, 0) is 56.2 Å². The van der Waals surface area contributed by atoms with Crippen LogP contribution in [0, 0.1) is 5.41 Å². The lowest BCUT2D eigenvalue weighted by atomic mass is 9.78. The normalized spacial score (nSPS) is 19.1. The molecule has 1 amide bonds. The fourth-order valence-electron chi connectivity index (χ4n) is 3.86. The van der Waals surface area contributed by atoms with E-state index in [4.69, 9.17) is 4.74 Å². The topological polar surface area (TPSA) is 41.6 Å². The maximum Gasteiger partial charge on any atom is 0.222 e. The second-order valence-electron chi connectivity index (χ2n) is 6.85. The van der Waals surface area contributed by atoms with Gasteiger partial charge in [-0.3, -0.25) is 4.79 Å². The highest BCUT2D eigenvalue weighted by atomic mass is 35.5. The fourth-order valence-corrected chi connectivity index (χ4v) is 3.86. The molecule has 134 valence electrons. The summed E-state index contributed by atoms with van der Waals surface area (Å²) >= 11 is 0. The number of aryl methyl sites for hydroxylation is 1. The lowest BCUT2D eigenvalue weighted by Crippen LogP contribution is -2.44. The number of piperidine rings is 1. The minimum absolute atomic E-state index is 0. The van der Waals surface area contributed by atoms with Gasteiger partial charge in [0, 0.05) is 26.1 Å². The first-order chi connectivity index (χ1) is 11.2. The molecule has 0 bridgehead atoms. The van der Waals surface area contributed by atoms with Crippen molar-refractivity contribution in [2.45, 2.75) is 39.0 Å². The van der Waals surface area contributed by atoms with Crippen molar-refractivity contribution in [2.75, 3.05) is 32.8 Å². The summed E-state index contributed by atoms with van der Waals surface area (Å²) in [5.41, 5.74) is 1.61. The second kappa shape index (κ2) is 8.72. The van der Waals surface area contributed by atoms with Gasteiger partial charge >= 0.3 is 0 Å². The van der Waals surface area contributed by atoms with Crippen molar-refractivity contribution in [3.63, 3.8) is 0 Å². The van der Waals surface area contributed by atoms with Gasteiger partial charge in [-0.2, -0.15) is 0 Å². The van der Waals surface area contributed by atoms with Crippen molar-refractivity contribution in [3.05, 3.63) is 29.8 Å². The maximum atomic E-state index is 12.5. The number of hydrogen-bond acceptors (Lipinski definition) is 3. The summed E-state index contributed by atoms with van der Waals surface area (Å²) in [4.78, 5) is 14.6. The molecular weight excluding hydrogens is 324 g/mol. The van der Waals surface area contributed by atoms with Crippen LogP contribution in [0.1, 0.15) is 38.2 Å². The van der Waals surface area contributed by atoms with Crippen LogP contribution in [-0.4, -0.2) is 43.6 Å². The Kier molecular flexibility index (Phi) is 6.93. The van der Waals surface area contributed by atoms with Crippen molar-refractivity contribution in [3.8, 4) is 5.75 Å². The first-order valence-electron chi connectivity index (χ1n) is 8.92. The lowest BCUT2D eigenvalue weighted by molar-refractivity contribution is -0.133. The molecule has 0 aliphatic carbocycles. The number of halogens is 1. The minimum Gasteiger partial charge on any atom is -0.494 e. The van der Waals surface area contributed by atoms with Crippen molar-refractivity contribution < 1.29 is 9.53 Å². The Hall–Kier alpha value is -1.26. The molecule has 1 aromatic carbocycles. The Morgan fingerprint density at radius 3 is 2.67 bits per heavy atom. The van der Waals surface area contributed by atoms with E-state index in [1.165, 1.54) is 6.42 Å². The molecule has 1 N–H and O–H groups in total. The summed E-state index contributed by atoms with van der Waals surface area (Å²) in [6, 6.07) is 8.05. The highest BCUT2D eigenvalue weighted by Crippen LogP contribution is 2.37. The number of nitrogens with one attached hydrogen (secondary N) is 1. The molecule has 2 aliphatic heterocycles. The Morgan fingerprint density at radius 2 is 2.00 bits per heavy atom. The van der Waals surface area contributed by atoms with Gasteiger partial charge in [0.1, 0.15) is 5.75 Å². The van der Waals surface area contributed by atoms with Crippen LogP contribution in [0.2, 0.25) is 0 Å². The van der Waals surface area contributed by atoms with Crippen LogP contribution in [-0.2, 0) is 11.2 Å². The minimum atomic E-state index is 0. The molecule has 2 heterocycles. The monoisotopic (exact) mass is 352 g/mol. The molecule has 3 rings (SSSR count). The molecule has 0 unspecified atom stereocenters. The highest BCUT2D eigenvalue weighted by molar-refractivity contribution is 5.85. The molecule has 2 fully saturated rings. The number of rotatable bonds is 5. The van der Waals surface area contributed by atoms with E-state index < -0.39 is 0 Å². The summed E-state index contributed by atoms with van der Waals surface area (Å²) in [5.74, 6) is 1.20. The van der Waals surface area contributed by atoms with E-state index in [2.05, 4.69) is 16.3 Å². The van der Waals surface area contributed by atoms with Crippen LogP contribution >= 0.6 is 12.4 Å². The molecule has 0 saturated carbocycles. The third-order valence-electron chi connectivity index (χ3n) is 5.39. The van der Waals surface area contributed by atoms with Gasteiger partial charge in [0.05, 0.1) is 6.61 Å². The summed E-state index contributed by atoms with van der Waals surface area (Å²) in [6.45, 7) is 6.77. The molecule has 5 heteroatoms. The van der Waals surface area contributed by atoms with Crippen LogP contribution in [0.3, 0.4) is 0 Å². The van der Waals surface area contributed by atoms with Gasteiger partial charge in [-0.1, -0.05) is 18.2 Å². The zero-order chi connectivity index (χ0) is 16.1. The first kappa shape index (κ1) is 19.1. The smallest absolute Gasteiger partial charge is 0.222 e. The number of benzene rings is 1. The number of nitrogens with zero attached hydrogens (tertiary/aromatic N) is 1. The third-order valence-corrected chi connectivity index (χ3v) is 5.39. The Bertz CT molecular complexity index is 534. The molecule has 2 saturated heterocycles. The summed E-state index contributed by atoms with van der Waals surface area (Å²) in [5, 5.41) is 3.47. The first-order valence-corrected chi connectivity index (χ1v) is 8.92. The lowest BCUT2D eigenvalue weighted by Gasteiger charge is -2.39. The van der Waals surface area contributed by atoms with Gasteiger partial charge in [-0.15, -0.1) is 12.4 Å². The number of likely N-dealkylation sites (tertiary alicyclic amines) is 1. The molecular formula is C19H29ClN2O2. The Balaban J connectivity index is 0.00000208. The van der Waals surface area contributed by atoms with Crippen LogP contribution in [0.4, 0.5) is 0 Å². The van der Waals surface area contributed by atoms with Crippen molar-refractivity contribution in [2.24, 2.45) is 5.41 Å². The zero-order valence-electron chi connectivity index (χ0n) is 14.6. The number of carbonyl (C=O) groups is 1. The number of carbonyl (C=O) groups excluding carboxylic acids is 1. The number of amides is 1. The van der Waals surface area contributed by atoms with Crippen molar-refractivity contribution in [1.82, 2.24) is 10.2 Å².